The predicted molar refractivity (Wildman–Crippen MR) is 85.4 cm³/mol. The lowest BCUT2D eigenvalue weighted by molar-refractivity contribution is 0.505. The molecule has 0 amide bonds. The lowest BCUT2D eigenvalue weighted by Gasteiger charge is -2.29. The van der Waals surface area contributed by atoms with E-state index in [0.29, 0.717) is 4.47 Å². The van der Waals surface area contributed by atoms with Gasteiger partial charge >= 0.3 is 0 Å². The Morgan fingerprint density at radius 2 is 2.10 bits per heavy atom. The van der Waals surface area contributed by atoms with Gasteiger partial charge in [0, 0.05) is 16.8 Å². The maximum absolute atomic E-state index is 13.7. The Balaban J connectivity index is 2.25. The van der Waals surface area contributed by atoms with E-state index < -0.39 is 27.6 Å². The molecule has 0 bridgehead atoms. The molecular formula is C15H18BrFN2OS. The first kappa shape index (κ1) is 16.8. The fraction of sp³-hybridized carbons (Fsp3) is 0.533. The molecule has 1 aromatic carbocycles. The van der Waals surface area contributed by atoms with Crippen LogP contribution in [0.2, 0.25) is 0 Å². The third-order valence-corrected chi connectivity index (χ3v) is 5.95. The Hall–Kier alpha value is -0.610. The average Bonchev–Trinajstić information content (AvgIpc) is 3.19. The van der Waals surface area contributed by atoms with Crippen LogP contribution in [0.5, 0.6) is 0 Å². The summed E-state index contributed by atoms with van der Waals surface area (Å²) in [6.45, 7) is 5.55. The summed E-state index contributed by atoms with van der Waals surface area (Å²) in [5.74, 6) is -0.340. The standard InChI is InChI=1S/C15H18BrFN2OS/c1-14(2,3)21(20)19-13(9-18)15(6-7-15)10-4-5-11(16)12(17)8-10/h4-5,8,13,19H,6-7H2,1-3H3/t13-,21?/m1/s1. The molecule has 114 valence electrons. The third-order valence-electron chi connectivity index (χ3n) is 3.75. The fourth-order valence-corrected chi connectivity index (χ4v) is 3.32. The lowest BCUT2D eigenvalue weighted by Crippen LogP contribution is -2.48. The largest absolute Gasteiger partial charge is 0.598 e. The highest BCUT2D eigenvalue weighted by molar-refractivity contribution is 9.10. The molecule has 1 aliphatic carbocycles. The number of nitriles is 1. The van der Waals surface area contributed by atoms with Crippen molar-refractivity contribution in [3.8, 4) is 6.07 Å². The summed E-state index contributed by atoms with van der Waals surface area (Å²) in [7, 11) is 0. The number of nitrogens with zero attached hydrogens (tertiary/aromatic N) is 1. The van der Waals surface area contributed by atoms with E-state index in [1.807, 2.05) is 26.8 Å². The van der Waals surface area contributed by atoms with Crippen LogP contribution in [-0.4, -0.2) is 15.3 Å². The molecule has 2 atom stereocenters. The maximum atomic E-state index is 13.7. The van der Waals surface area contributed by atoms with Crippen LogP contribution < -0.4 is 4.72 Å². The molecule has 3 nitrogen and oxygen atoms in total. The lowest BCUT2D eigenvalue weighted by atomic mass is 9.89. The van der Waals surface area contributed by atoms with Gasteiger partial charge in [-0.15, -0.1) is 4.72 Å². The van der Waals surface area contributed by atoms with Crippen LogP contribution in [0.3, 0.4) is 0 Å². The topological polar surface area (TPSA) is 58.9 Å². The number of hydrogen-bond acceptors (Lipinski definition) is 3. The number of rotatable bonds is 4. The highest BCUT2D eigenvalue weighted by Crippen LogP contribution is 2.51. The second-order valence-electron chi connectivity index (χ2n) is 6.35. The minimum absolute atomic E-state index is 0.340. The van der Waals surface area contributed by atoms with Crippen molar-refractivity contribution in [2.45, 2.75) is 49.8 Å². The van der Waals surface area contributed by atoms with Crippen LogP contribution >= 0.6 is 15.9 Å². The highest BCUT2D eigenvalue weighted by Gasteiger charge is 2.53. The van der Waals surface area contributed by atoms with Gasteiger partial charge in [-0.3, -0.25) is 0 Å². The summed E-state index contributed by atoms with van der Waals surface area (Å²) in [6.07, 6.45) is 1.58. The molecule has 0 aromatic heterocycles. The van der Waals surface area contributed by atoms with E-state index in [1.54, 1.807) is 6.07 Å². The average molecular weight is 373 g/mol. The highest BCUT2D eigenvalue weighted by atomic mass is 79.9. The second kappa shape index (κ2) is 5.88. The Morgan fingerprint density at radius 1 is 1.48 bits per heavy atom. The molecule has 1 aliphatic rings. The first-order chi connectivity index (χ1) is 9.70. The van der Waals surface area contributed by atoms with Crippen molar-refractivity contribution in [3.63, 3.8) is 0 Å². The van der Waals surface area contributed by atoms with Crippen molar-refractivity contribution in [1.29, 1.82) is 5.26 Å². The zero-order valence-electron chi connectivity index (χ0n) is 12.2. The van der Waals surface area contributed by atoms with Gasteiger partial charge in [0.1, 0.15) is 16.6 Å². The number of nitrogens with one attached hydrogen (secondary N) is 1. The maximum Gasteiger partial charge on any atom is 0.148 e. The molecule has 0 saturated heterocycles. The van der Waals surface area contributed by atoms with E-state index in [0.717, 1.165) is 18.4 Å². The van der Waals surface area contributed by atoms with Crippen molar-refractivity contribution < 1.29 is 8.94 Å². The zero-order chi connectivity index (χ0) is 15.8. The smallest absolute Gasteiger partial charge is 0.148 e. The quantitative estimate of drug-likeness (QED) is 0.821. The third kappa shape index (κ3) is 3.42. The van der Waals surface area contributed by atoms with Crippen molar-refractivity contribution in [2.75, 3.05) is 0 Å². The van der Waals surface area contributed by atoms with E-state index in [2.05, 4.69) is 26.7 Å². The van der Waals surface area contributed by atoms with Crippen molar-refractivity contribution in [1.82, 2.24) is 4.72 Å². The minimum atomic E-state index is -1.33. The Bertz CT molecular complexity index is 578. The Kier molecular flexibility index (Phi) is 4.69. The van der Waals surface area contributed by atoms with Crippen LogP contribution in [0, 0.1) is 17.1 Å². The summed E-state index contributed by atoms with van der Waals surface area (Å²) < 4.78 is 28.8. The van der Waals surface area contributed by atoms with Gasteiger partial charge < -0.3 is 4.55 Å². The van der Waals surface area contributed by atoms with Gasteiger partial charge in [-0.05, 0) is 67.2 Å². The van der Waals surface area contributed by atoms with E-state index >= 15 is 0 Å². The molecule has 0 spiro atoms. The van der Waals surface area contributed by atoms with Gasteiger partial charge in [-0.2, -0.15) is 5.26 Å². The van der Waals surface area contributed by atoms with E-state index in [1.165, 1.54) is 6.07 Å². The number of halogens is 2. The van der Waals surface area contributed by atoms with Crippen molar-refractivity contribution in [3.05, 3.63) is 34.1 Å². The summed E-state index contributed by atoms with van der Waals surface area (Å²) in [5, 5.41) is 9.45. The first-order valence-electron chi connectivity index (χ1n) is 6.74. The molecule has 1 saturated carbocycles. The molecule has 0 radical (unpaired) electrons. The SMILES string of the molecule is CC(C)(C)[S+]([O-])N[C@H](C#N)C1(c2ccc(Br)c(F)c2)CC1. The van der Waals surface area contributed by atoms with E-state index in [9.17, 15) is 14.2 Å². The van der Waals surface area contributed by atoms with Crippen LogP contribution in [0.25, 0.3) is 0 Å². The monoisotopic (exact) mass is 372 g/mol. The molecule has 2 rings (SSSR count). The van der Waals surface area contributed by atoms with Gasteiger partial charge in [0.15, 0.2) is 0 Å². The normalized spacial score (nSPS) is 19.7. The Labute approximate surface area is 136 Å². The van der Waals surface area contributed by atoms with Crippen molar-refractivity contribution >= 4 is 27.3 Å². The summed E-state index contributed by atoms with van der Waals surface area (Å²) in [6, 6.07) is 6.56. The molecule has 1 aromatic rings. The van der Waals surface area contributed by atoms with Gasteiger partial charge in [0.2, 0.25) is 0 Å². The van der Waals surface area contributed by atoms with Crippen LogP contribution in [0.4, 0.5) is 4.39 Å². The van der Waals surface area contributed by atoms with Crippen LogP contribution in [0.1, 0.15) is 39.2 Å². The molecular weight excluding hydrogens is 355 g/mol. The van der Waals surface area contributed by atoms with E-state index in [-0.39, 0.29) is 5.82 Å². The van der Waals surface area contributed by atoms with Gasteiger partial charge in [-0.25, -0.2) is 4.39 Å². The van der Waals surface area contributed by atoms with Gasteiger partial charge in [-0.1, -0.05) is 6.07 Å². The first-order valence-corrected chi connectivity index (χ1v) is 8.68. The molecule has 0 heterocycles. The molecule has 1 N–H and O–H groups in total. The molecule has 1 unspecified atom stereocenters. The summed E-state index contributed by atoms with van der Waals surface area (Å²) >= 11 is 1.80. The minimum Gasteiger partial charge on any atom is -0.598 e. The summed E-state index contributed by atoms with van der Waals surface area (Å²) in [5.41, 5.74) is 0.352. The number of hydrogen-bond donors (Lipinski definition) is 1. The Morgan fingerprint density at radius 3 is 2.52 bits per heavy atom. The van der Waals surface area contributed by atoms with Gasteiger partial charge in [0.05, 0.1) is 10.5 Å². The summed E-state index contributed by atoms with van der Waals surface area (Å²) in [4.78, 5) is 0. The van der Waals surface area contributed by atoms with Gasteiger partial charge in [0.25, 0.3) is 0 Å². The molecule has 0 aliphatic heterocycles. The van der Waals surface area contributed by atoms with Crippen molar-refractivity contribution in [2.24, 2.45) is 0 Å². The number of benzene rings is 1. The fourth-order valence-electron chi connectivity index (χ4n) is 2.23. The van der Waals surface area contributed by atoms with Crippen LogP contribution in [0.15, 0.2) is 22.7 Å². The zero-order valence-corrected chi connectivity index (χ0v) is 14.6. The van der Waals surface area contributed by atoms with Crippen LogP contribution in [-0.2, 0) is 16.8 Å². The molecule has 1 fully saturated rings. The second-order valence-corrected chi connectivity index (χ2v) is 9.20. The molecule has 21 heavy (non-hydrogen) atoms. The predicted octanol–water partition coefficient (Wildman–Crippen LogP) is 3.56. The van der Waals surface area contributed by atoms with E-state index in [4.69, 9.17) is 0 Å². The molecule has 6 heteroatoms.